The summed E-state index contributed by atoms with van der Waals surface area (Å²) in [5, 5.41) is 2.67. The molecular formula is C20H18F2N2O3. The summed E-state index contributed by atoms with van der Waals surface area (Å²) in [5.74, 6) is -1.86. The lowest BCUT2D eigenvalue weighted by atomic mass is 9.88. The number of nitrogens with one attached hydrogen (secondary N) is 1. The molecule has 0 aliphatic carbocycles. The number of anilines is 1. The molecule has 2 aromatic carbocycles. The number of hydrogen-bond acceptors (Lipinski definition) is 3. The Bertz CT molecular complexity index is 879. The molecule has 0 bridgehead atoms. The first-order chi connectivity index (χ1) is 13.0. The maximum Gasteiger partial charge on any atom is 0.230 e. The molecule has 2 heterocycles. The topological polar surface area (TPSA) is 58.6 Å². The number of halogens is 2. The van der Waals surface area contributed by atoms with E-state index < -0.39 is 11.7 Å². The van der Waals surface area contributed by atoms with E-state index in [0.29, 0.717) is 30.9 Å². The molecule has 2 amide bonds. The summed E-state index contributed by atoms with van der Waals surface area (Å²) in [4.78, 5) is 26.3. The Morgan fingerprint density at radius 1 is 1.11 bits per heavy atom. The molecule has 1 atom stereocenters. The second-order valence-electron chi connectivity index (χ2n) is 6.84. The van der Waals surface area contributed by atoms with Crippen molar-refractivity contribution in [1.82, 2.24) is 4.90 Å². The molecule has 2 aromatic rings. The van der Waals surface area contributed by atoms with Crippen molar-refractivity contribution in [3.63, 3.8) is 0 Å². The van der Waals surface area contributed by atoms with Crippen LogP contribution in [0, 0.1) is 11.6 Å². The van der Waals surface area contributed by atoms with E-state index in [4.69, 9.17) is 4.74 Å². The van der Waals surface area contributed by atoms with Gasteiger partial charge in [-0.15, -0.1) is 0 Å². The number of ether oxygens (including phenoxy) is 1. The maximum absolute atomic E-state index is 13.6. The minimum absolute atomic E-state index is 0.00684. The predicted molar refractivity (Wildman–Crippen MR) is 93.9 cm³/mol. The number of carbonyl (C=O) groups excluding carboxylic acids is 2. The molecule has 1 saturated heterocycles. The van der Waals surface area contributed by atoms with Gasteiger partial charge in [0.2, 0.25) is 11.8 Å². The fourth-order valence-corrected chi connectivity index (χ4v) is 3.39. The molecule has 140 valence electrons. The quantitative estimate of drug-likeness (QED) is 0.898. The third-order valence-corrected chi connectivity index (χ3v) is 4.91. The van der Waals surface area contributed by atoms with Gasteiger partial charge in [0.15, 0.2) is 0 Å². The Morgan fingerprint density at radius 2 is 1.81 bits per heavy atom. The summed E-state index contributed by atoms with van der Waals surface area (Å²) in [6.45, 7) is 1.18. The van der Waals surface area contributed by atoms with Crippen molar-refractivity contribution in [3.8, 4) is 0 Å². The van der Waals surface area contributed by atoms with Crippen LogP contribution in [0.25, 0.3) is 0 Å². The number of rotatable bonds is 4. The zero-order chi connectivity index (χ0) is 19.0. The van der Waals surface area contributed by atoms with Gasteiger partial charge in [-0.25, -0.2) is 8.78 Å². The summed E-state index contributed by atoms with van der Waals surface area (Å²) in [6, 6.07) is 10.1. The zero-order valence-corrected chi connectivity index (χ0v) is 14.5. The van der Waals surface area contributed by atoms with Gasteiger partial charge in [-0.2, -0.15) is 0 Å². The SMILES string of the molecule is O=C1C[C@H](C(=O)N2CC(OCc3ccc(F)cc3)C2)c2cc(F)ccc2N1. The average Bonchev–Trinajstić information content (AvgIpc) is 2.61. The monoisotopic (exact) mass is 372 g/mol. The molecular weight excluding hydrogens is 354 g/mol. The van der Waals surface area contributed by atoms with Gasteiger partial charge in [-0.3, -0.25) is 9.59 Å². The van der Waals surface area contributed by atoms with E-state index in [0.717, 1.165) is 5.56 Å². The van der Waals surface area contributed by atoms with Crippen LogP contribution in [0.1, 0.15) is 23.5 Å². The van der Waals surface area contributed by atoms with E-state index in [2.05, 4.69) is 5.32 Å². The van der Waals surface area contributed by atoms with Crippen molar-refractivity contribution in [2.24, 2.45) is 0 Å². The van der Waals surface area contributed by atoms with Gasteiger partial charge < -0.3 is 15.0 Å². The second-order valence-corrected chi connectivity index (χ2v) is 6.84. The van der Waals surface area contributed by atoms with Crippen molar-refractivity contribution >= 4 is 17.5 Å². The van der Waals surface area contributed by atoms with Crippen LogP contribution in [-0.2, 0) is 20.9 Å². The Kier molecular flexibility index (Phi) is 4.61. The molecule has 0 spiro atoms. The molecule has 5 nitrogen and oxygen atoms in total. The first-order valence-electron chi connectivity index (χ1n) is 8.74. The standard InChI is InChI=1S/C20H18F2N2O3/c21-13-3-1-12(2-4-13)11-27-15-9-24(10-15)20(26)17-8-19(25)23-18-6-5-14(22)7-16(17)18/h1-7,15,17H,8-11H2,(H,23,25)/t17-/m0/s1. The highest BCUT2D eigenvalue weighted by molar-refractivity contribution is 6.01. The molecule has 27 heavy (non-hydrogen) atoms. The maximum atomic E-state index is 13.6. The summed E-state index contributed by atoms with van der Waals surface area (Å²) < 4.78 is 32.2. The number of nitrogens with zero attached hydrogens (tertiary/aromatic N) is 1. The smallest absolute Gasteiger partial charge is 0.230 e. The zero-order valence-electron chi connectivity index (χ0n) is 14.5. The molecule has 2 aliphatic rings. The van der Waals surface area contributed by atoms with Crippen molar-refractivity contribution in [2.75, 3.05) is 18.4 Å². The van der Waals surface area contributed by atoms with Gasteiger partial charge in [0, 0.05) is 25.2 Å². The minimum atomic E-state index is -0.678. The highest BCUT2D eigenvalue weighted by Crippen LogP contribution is 2.35. The van der Waals surface area contributed by atoms with Crippen LogP contribution >= 0.6 is 0 Å². The molecule has 0 aromatic heterocycles. The van der Waals surface area contributed by atoms with Crippen molar-refractivity contribution < 1.29 is 23.1 Å². The summed E-state index contributed by atoms with van der Waals surface area (Å²) in [7, 11) is 0. The molecule has 2 aliphatic heterocycles. The van der Waals surface area contributed by atoms with Crippen LogP contribution in [0.2, 0.25) is 0 Å². The Balaban J connectivity index is 1.36. The van der Waals surface area contributed by atoms with Crippen LogP contribution in [-0.4, -0.2) is 35.9 Å². The van der Waals surface area contributed by atoms with E-state index in [-0.39, 0.29) is 30.2 Å². The van der Waals surface area contributed by atoms with Gasteiger partial charge in [0.25, 0.3) is 0 Å². The Labute approximate surface area is 154 Å². The van der Waals surface area contributed by atoms with Gasteiger partial charge in [-0.1, -0.05) is 12.1 Å². The number of hydrogen-bond donors (Lipinski definition) is 1. The predicted octanol–water partition coefficient (Wildman–Crippen LogP) is 2.82. The minimum Gasteiger partial charge on any atom is -0.370 e. The fourth-order valence-electron chi connectivity index (χ4n) is 3.39. The summed E-state index contributed by atoms with van der Waals surface area (Å²) in [6.07, 6.45) is -0.101. The molecule has 1 N–H and O–H groups in total. The van der Waals surface area contributed by atoms with Crippen LogP contribution in [0.3, 0.4) is 0 Å². The third-order valence-electron chi connectivity index (χ3n) is 4.91. The number of benzene rings is 2. The lowest BCUT2D eigenvalue weighted by Gasteiger charge is -2.41. The lowest BCUT2D eigenvalue weighted by molar-refractivity contribution is -0.148. The van der Waals surface area contributed by atoms with Crippen molar-refractivity contribution in [2.45, 2.75) is 25.0 Å². The van der Waals surface area contributed by atoms with Crippen molar-refractivity contribution in [3.05, 3.63) is 65.2 Å². The fraction of sp³-hybridized carbons (Fsp3) is 0.300. The number of carbonyl (C=O) groups is 2. The Hall–Kier alpha value is -2.80. The van der Waals surface area contributed by atoms with Crippen LogP contribution in [0.4, 0.5) is 14.5 Å². The van der Waals surface area contributed by atoms with E-state index >= 15 is 0 Å². The van der Waals surface area contributed by atoms with Gasteiger partial charge in [0.1, 0.15) is 11.6 Å². The summed E-state index contributed by atoms with van der Waals surface area (Å²) in [5.41, 5.74) is 1.85. The van der Waals surface area contributed by atoms with E-state index in [9.17, 15) is 18.4 Å². The Morgan fingerprint density at radius 3 is 2.56 bits per heavy atom. The number of likely N-dealkylation sites (tertiary alicyclic amines) is 1. The summed E-state index contributed by atoms with van der Waals surface area (Å²) >= 11 is 0. The van der Waals surface area contributed by atoms with Gasteiger partial charge >= 0.3 is 0 Å². The number of fused-ring (bicyclic) bond motifs is 1. The first kappa shape index (κ1) is 17.6. The van der Waals surface area contributed by atoms with Gasteiger partial charge in [0.05, 0.1) is 18.6 Å². The van der Waals surface area contributed by atoms with E-state index in [1.165, 1.54) is 30.3 Å². The van der Waals surface area contributed by atoms with E-state index in [1.54, 1.807) is 17.0 Å². The average molecular weight is 372 g/mol. The molecule has 0 radical (unpaired) electrons. The largest absolute Gasteiger partial charge is 0.370 e. The normalized spacial score (nSPS) is 19.3. The van der Waals surface area contributed by atoms with Crippen LogP contribution < -0.4 is 5.32 Å². The number of amides is 2. The van der Waals surface area contributed by atoms with E-state index in [1.807, 2.05) is 0 Å². The third kappa shape index (κ3) is 3.68. The molecule has 4 rings (SSSR count). The van der Waals surface area contributed by atoms with Crippen LogP contribution in [0.5, 0.6) is 0 Å². The molecule has 0 unspecified atom stereocenters. The highest BCUT2D eigenvalue weighted by Gasteiger charge is 2.39. The lowest BCUT2D eigenvalue weighted by Crippen LogP contribution is -2.56. The first-order valence-corrected chi connectivity index (χ1v) is 8.74. The molecule has 1 fully saturated rings. The molecule has 7 heteroatoms. The van der Waals surface area contributed by atoms with Crippen LogP contribution in [0.15, 0.2) is 42.5 Å². The second kappa shape index (κ2) is 7.08. The van der Waals surface area contributed by atoms with Crippen molar-refractivity contribution in [1.29, 1.82) is 0 Å². The highest BCUT2D eigenvalue weighted by atomic mass is 19.1. The van der Waals surface area contributed by atoms with Gasteiger partial charge in [-0.05, 0) is 41.5 Å². The molecule has 0 saturated carbocycles.